The number of nitrogen functional groups attached to an aromatic ring is 2. The first kappa shape index (κ1) is 39.6. The fourth-order valence-electron chi connectivity index (χ4n) is 3.91. The van der Waals surface area contributed by atoms with Crippen LogP contribution in [0.3, 0.4) is 0 Å². The molecule has 0 amide bonds. The molecule has 5 rings (SSSR count). The van der Waals surface area contributed by atoms with E-state index in [4.69, 9.17) is 23.4 Å². The van der Waals surface area contributed by atoms with E-state index >= 15 is 0 Å². The Morgan fingerprint density at radius 3 is 1.96 bits per heavy atom. The number of aromatic nitrogens is 7. The van der Waals surface area contributed by atoms with Gasteiger partial charge in [-0.25, -0.2) is 14.6 Å². The number of nitrogens with two attached hydrogens (primary N) is 2. The molecule has 6 N–H and O–H groups in total. The number of allylic oxidation sites excluding steroid dienone is 1. The number of hydrogen-bond donors (Lipinski definition) is 4. The quantitative estimate of drug-likeness (QED) is 0.0482. The fourth-order valence-corrected chi connectivity index (χ4v) is 3.91. The standard InChI is InChI=1S/C17H20N6.C9H9N3.C7H9N3.2ClH/c18-17-19-12-15(20-17)9-4-10-16-13-23(22-21-16)11-5-8-14-6-2-1-3-7-14;10-12-11-8-4-7-9-5-2-1-3-6-9;1-2-3-4-6-5-9-7(8)10-6;;/h1-3,5-8,12-13H,4,9-11H2,(H3,18,19,20);1-7H,8H2;1,5H,3-4H2,(H3,8,9,10);2*1H/b8-5+;7-4+;;;. The molecular formula is C33H40Cl2N12. The number of anilines is 2. The van der Waals surface area contributed by atoms with Crippen LogP contribution in [0.4, 0.5) is 11.9 Å². The summed E-state index contributed by atoms with van der Waals surface area (Å²) in [5, 5.41) is 11.7. The maximum atomic E-state index is 7.99. The van der Waals surface area contributed by atoms with Crippen molar-refractivity contribution in [2.24, 2.45) is 5.11 Å². The van der Waals surface area contributed by atoms with E-state index in [0.717, 1.165) is 61.3 Å². The molecule has 0 radical (unpaired) electrons. The van der Waals surface area contributed by atoms with Crippen LogP contribution in [0.5, 0.6) is 0 Å². The molecule has 0 fully saturated rings. The Balaban J connectivity index is 0.000000389. The molecule has 5 aromatic rings. The summed E-state index contributed by atoms with van der Waals surface area (Å²) in [6, 6.07) is 20.1. The lowest BCUT2D eigenvalue weighted by Crippen LogP contribution is -1.95. The number of imidazole rings is 2. The van der Waals surface area contributed by atoms with Gasteiger partial charge in [-0.2, -0.15) is 0 Å². The number of terminal acetylenes is 1. The summed E-state index contributed by atoms with van der Waals surface area (Å²) in [5.41, 5.74) is 24.2. The van der Waals surface area contributed by atoms with Crippen LogP contribution < -0.4 is 11.5 Å². The van der Waals surface area contributed by atoms with E-state index in [1.54, 1.807) is 12.4 Å². The fraction of sp³-hybridized carbons (Fsp3) is 0.212. The molecule has 0 atom stereocenters. The molecule has 0 spiro atoms. The van der Waals surface area contributed by atoms with Crippen molar-refractivity contribution >= 4 is 48.9 Å². The number of benzene rings is 2. The van der Waals surface area contributed by atoms with Gasteiger partial charge in [0, 0.05) is 41.9 Å². The first-order chi connectivity index (χ1) is 22.1. The minimum absolute atomic E-state index is 0. The number of aryl methyl sites for hydroxylation is 3. The summed E-state index contributed by atoms with van der Waals surface area (Å²) < 4.78 is 1.85. The van der Waals surface area contributed by atoms with Crippen molar-refractivity contribution in [3.05, 3.63) is 130 Å². The molecule has 0 bridgehead atoms. The second-order valence-electron chi connectivity index (χ2n) is 9.62. The van der Waals surface area contributed by atoms with Crippen LogP contribution >= 0.6 is 24.8 Å². The predicted molar refractivity (Wildman–Crippen MR) is 195 cm³/mol. The Kier molecular flexibility index (Phi) is 20.1. The molecule has 0 saturated carbocycles. The zero-order valence-corrected chi connectivity index (χ0v) is 27.5. The van der Waals surface area contributed by atoms with Crippen LogP contribution in [0.2, 0.25) is 0 Å². The third-order valence-electron chi connectivity index (χ3n) is 6.06. The highest BCUT2D eigenvalue weighted by atomic mass is 35.5. The summed E-state index contributed by atoms with van der Waals surface area (Å²) in [7, 11) is 0. The van der Waals surface area contributed by atoms with Gasteiger partial charge in [-0.1, -0.05) is 95.3 Å². The number of nitrogens with one attached hydrogen (secondary N) is 2. The highest BCUT2D eigenvalue weighted by Crippen LogP contribution is 2.07. The third kappa shape index (κ3) is 17.0. The van der Waals surface area contributed by atoms with E-state index in [2.05, 4.69) is 70.5 Å². The molecule has 0 saturated heterocycles. The Labute approximate surface area is 287 Å². The number of H-pyrrole nitrogens is 2. The lowest BCUT2D eigenvalue weighted by Gasteiger charge is -1.96. The molecule has 47 heavy (non-hydrogen) atoms. The lowest BCUT2D eigenvalue weighted by atomic mass is 10.2. The van der Waals surface area contributed by atoms with Gasteiger partial charge in [-0.15, -0.1) is 42.3 Å². The van der Waals surface area contributed by atoms with E-state index in [9.17, 15) is 0 Å². The van der Waals surface area contributed by atoms with E-state index in [1.807, 2.05) is 71.6 Å². The minimum Gasteiger partial charge on any atom is -0.369 e. The molecule has 246 valence electrons. The topological polar surface area (TPSA) is 189 Å². The van der Waals surface area contributed by atoms with E-state index < -0.39 is 0 Å². The average Bonchev–Trinajstić information content (AvgIpc) is 3.81. The molecule has 0 aliphatic rings. The maximum Gasteiger partial charge on any atom is 0.197 e. The van der Waals surface area contributed by atoms with Crippen molar-refractivity contribution in [1.82, 2.24) is 34.9 Å². The number of aromatic amines is 2. The molecule has 14 heteroatoms. The number of hydrogen-bond acceptors (Lipinski definition) is 7. The maximum absolute atomic E-state index is 7.99. The third-order valence-corrected chi connectivity index (χ3v) is 6.06. The summed E-state index contributed by atoms with van der Waals surface area (Å²) in [5.74, 6) is 3.46. The van der Waals surface area contributed by atoms with Crippen LogP contribution in [-0.2, 0) is 25.8 Å². The van der Waals surface area contributed by atoms with Gasteiger partial charge in [0.25, 0.3) is 0 Å². The zero-order chi connectivity index (χ0) is 32.0. The van der Waals surface area contributed by atoms with Crippen molar-refractivity contribution < 1.29 is 0 Å². The lowest BCUT2D eigenvalue weighted by molar-refractivity contribution is 0.662. The smallest absolute Gasteiger partial charge is 0.197 e. The first-order valence-corrected chi connectivity index (χ1v) is 14.4. The molecule has 0 unspecified atom stereocenters. The second kappa shape index (κ2) is 23.9. The van der Waals surface area contributed by atoms with Gasteiger partial charge in [0.2, 0.25) is 0 Å². The van der Waals surface area contributed by atoms with Gasteiger partial charge in [-0.05, 0) is 35.9 Å². The molecule has 12 nitrogen and oxygen atoms in total. The molecular weight excluding hydrogens is 635 g/mol. The van der Waals surface area contributed by atoms with Crippen molar-refractivity contribution in [3.63, 3.8) is 0 Å². The highest BCUT2D eigenvalue weighted by Gasteiger charge is 2.02. The molecule has 3 heterocycles. The van der Waals surface area contributed by atoms with Crippen molar-refractivity contribution in [1.29, 1.82) is 0 Å². The summed E-state index contributed by atoms with van der Waals surface area (Å²) in [6.45, 7) is 1.13. The van der Waals surface area contributed by atoms with Crippen molar-refractivity contribution in [3.8, 4) is 12.3 Å². The molecule has 3 aromatic heterocycles. The predicted octanol–water partition coefficient (Wildman–Crippen LogP) is 6.88. The van der Waals surface area contributed by atoms with Crippen LogP contribution in [0, 0.1) is 12.3 Å². The van der Waals surface area contributed by atoms with E-state index in [1.165, 1.54) is 5.56 Å². The van der Waals surface area contributed by atoms with E-state index in [-0.39, 0.29) is 24.8 Å². The largest absolute Gasteiger partial charge is 0.369 e. The summed E-state index contributed by atoms with van der Waals surface area (Å²) in [4.78, 5) is 16.4. The zero-order valence-electron chi connectivity index (χ0n) is 25.9. The Morgan fingerprint density at radius 2 is 1.43 bits per heavy atom. The SMILES string of the molecule is C#CCCc1cnc(N)[nH]1.Cl.Cl.Nc1ncc(CCCc2cn(C/C=C/c3ccccc3)nn2)[nH]1.[N-]=[N+]=NC/C=C/c1ccccc1. The average molecular weight is 676 g/mol. The van der Waals surface area contributed by atoms with Crippen molar-refractivity contribution in [2.75, 3.05) is 18.0 Å². The van der Waals surface area contributed by atoms with E-state index in [0.29, 0.717) is 18.4 Å². The Bertz CT molecular complexity index is 1680. The van der Waals surface area contributed by atoms with Gasteiger partial charge in [0.05, 0.1) is 24.6 Å². The molecule has 2 aromatic carbocycles. The number of azide groups is 1. The first-order valence-electron chi connectivity index (χ1n) is 14.4. The highest BCUT2D eigenvalue weighted by molar-refractivity contribution is 5.85. The van der Waals surface area contributed by atoms with Gasteiger partial charge in [-0.3, -0.25) is 0 Å². The Morgan fingerprint density at radius 1 is 0.851 bits per heavy atom. The van der Waals surface area contributed by atoms with Gasteiger partial charge < -0.3 is 21.4 Å². The minimum atomic E-state index is 0. The Hall–Kier alpha value is -5.47. The van der Waals surface area contributed by atoms with Crippen LogP contribution in [0.25, 0.3) is 22.6 Å². The van der Waals surface area contributed by atoms with Gasteiger partial charge >= 0.3 is 0 Å². The van der Waals surface area contributed by atoms with Crippen LogP contribution in [-0.4, -0.2) is 41.5 Å². The monoisotopic (exact) mass is 674 g/mol. The number of halogens is 2. The van der Waals surface area contributed by atoms with Gasteiger partial charge in [0.1, 0.15) is 0 Å². The molecule has 0 aliphatic carbocycles. The van der Waals surface area contributed by atoms with Crippen LogP contribution in [0.1, 0.15) is 41.1 Å². The summed E-state index contributed by atoms with van der Waals surface area (Å²) >= 11 is 0. The normalized spacial score (nSPS) is 9.94. The number of nitrogens with zero attached hydrogens (tertiary/aromatic N) is 8. The van der Waals surface area contributed by atoms with Crippen LogP contribution in [0.15, 0.2) is 96.5 Å². The number of rotatable bonds is 12. The van der Waals surface area contributed by atoms with Crippen molar-refractivity contribution in [2.45, 2.75) is 38.6 Å². The van der Waals surface area contributed by atoms with Gasteiger partial charge in [0.15, 0.2) is 11.9 Å². The summed E-state index contributed by atoms with van der Waals surface area (Å²) in [6.07, 6.45) is 22.8. The molecule has 0 aliphatic heterocycles. The second-order valence-corrected chi connectivity index (χ2v) is 9.62.